The topological polar surface area (TPSA) is 70.0 Å². The lowest BCUT2D eigenvalue weighted by atomic mass is 10.1. The number of piperazine rings is 1. The van der Waals surface area contributed by atoms with Gasteiger partial charge in [-0.15, -0.1) is 0 Å². The Kier molecular flexibility index (Phi) is 4.63. The number of nitrogens with one attached hydrogen (secondary N) is 1. The smallest absolute Gasteiger partial charge is 0.246 e. The first-order chi connectivity index (χ1) is 12.6. The molecule has 7 nitrogen and oxygen atoms in total. The van der Waals surface area contributed by atoms with Crippen molar-refractivity contribution in [1.82, 2.24) is 24.5 Å². The van der Waals surface area contributed by atoms with Gasteiger partial charge in [-0.05, 0) is 31.4 Å². The number of pyridine rings is 1. The molecule has 4 heterocycles. The van der Waals surface area contributed by atoms with E-state index in [1.165, 1.54) is 0 Å². The molecule has 2 aliphatic rings. The summed E-state index contributed by atoms with van der Waals surface area (Å²) >= 11 is 0. The van der Waals surface area contributed by atoms with Gasteiger partial charge in [0.2, 0.25) is 11.8 Å². The van der Waals surface area contributed by atoms with E-state index in [9.17, 15) is 9.59 Å². The molecule has 2 aromatic rings. The average Bonchev–Trinajstić information content (AvgIpc) is 3.32. The molecule has 26 heavy (non-hydrogen) atoms. The minimum absolute atomic E-state index is 0.00708. The van der Waals surface area contributed by atoms with Crippen molar-refractivity contribution in [2.75, 3.05) is 32.7 Å². The molecule has 0 spiro atoms. The molecule has 0 aliphatic carbocycles. The minimum Gasteiger partial charge on any atom is -0.341 e. The summed E-state index contributed by atoms with van der Waals surface area (Å²) in [5, 5.41) is 3.26. The summed E-state index contributed by atoms with van der Waals surface area (Å²) < 4.78 is 1.97. The molecule has 7 heteroatoms. The van der Waals surface area contributed by atoms with Crippen LogP contribution in [0.4, 0.5) is 0 Å². The molecule has 2 aliphatic heterocycles. The van der Waals surface area contributed by atoms with E-state index < -0.39 is 6.04 Å². The highest BCUT2D eigenvalue weighted by atomic mass is 16.2. The molecule has 1 atom stereocenters. The summed E-state index contributed by atoms with van der Waals surface area (Å²) in [4.78, 5) is 34.0. The lowest BCUT2D eigenvalue weighted by Crippen LogP contribution is -2.60. The zero-order valence-corrected chi connectivity index (χ0v) is 15.1. The van der Waals surface area contributed by atoms with Gasteiger partial charge in [-0.1, -0.05) is 6.07 Å². The first-order valence-corrected chi connectivity index (χ1v) is 9.35. The van der Waals surface area contributed by atoms with Crippen LogP contribution < -0.4 is 5.32 Å². The molecular weight excluding hydrogens is 330 g/mol. The van der Waals surface area contributed by atoms with Gasteiger partial charge >= 0.3 is 0 Å². The Morgan fingerprint density at radius 1 is 1.27 bits per heavy atom. The van der Waals surface area contributed by atoms with Crippen molar-refractivity contribution in [3.8, 4) is 0 Å². The number of aromatic nitrogens is 2. The van der Waals surface area contributed by atoms with E-state index in [1.807, 2.05) is 34.6 Å². The molecule has 4 rings (SSSR count). The predicted octanol–water partition coefficient (Wildman–Crippen LogP) is 0.608. The van der Waals surface area contributed by atoms with Crippen LogP contribution in [0.25, 0.3) is 5.65 Å². The van der Waals surface area contributed by atoms with Crippen molar-refractivity contribution in [1.29, 1.82) is 0 Å². The van der Waals surface area contributed by atoms with Gasteiger partial charge in [-0.25, -0.2) is 4.98 Å². The fourth-order valence-electron chi connectivity index (χ4n) is 3.96. The maximum atomic E-state index is 13.0. The Balaban J connectivity index is 1.53. The number of aryl methyl sites for hydroxylation is 1. The largest absolute Gasteiger partial charge is 0.341 e. The monoisotopic (exact) mass is 355 g/mol. The maximum Gasteiger partial charge on any atom is 0.246 e. The fourth-order valence-corrected chi connectivity index (χ4v) is 3.96. The molecule has 2 aromatic heterocycles. The van der Waals surface area contributed by atoms with E-state index >= 15 is 0 Å². The van der Waals surface area contributed by atoms with Crippen LogP contribution in [0.3, 0.4) is 0 Å². The van der Waals surface area contributed by atoms with Crippen LogP contribution in [0.5, 0.6) is 0 Å². The van der Waals surface area contributed by atoms with Crippen LogP contribution in [-0.2, 0) is 16.0 Å². The Morgan fingerprint density at radius 2 is 2.08 bits per heavy atom. The number of nitrogens with zero attached hydrogens (tertiary/aromatic N) is 4. The number of carbonyl (C=O) groups excluding carboxylic acids is 2. The second-order valence-electron chi connectivity index (χ2n) is 7.15. The van der Waals surface area contributed by atoms with Crippen molar-refractivity contribution in [2.24, 2.45) is 0 Å². The Bertz CT molecular complexity index is 824. The second kappa shape index (κ2) is 7.07. The summed E-state index contributed by atoms with van der Waals surface area (Å²) in [6.45, 7) is 5.46. The number of likely N-dealkylation sites (tertiary alicyclic amines) is 1. The number of hydrogen-bond acceptors (Lipinski definition) is 4. The Hall–Kier alpha value is -2.41. The summed E-state index contributed by atoms with van der Waals surface area (Å²) in [6, 6.07) is 3.58. The number of carbonyl (C=O) groups is 2. The highest BCUT2D eigenvalue weighted by Crippen LogP contribution is 2.16. The SMILES string of the molecule is Cc1cccn2c(CC(=O)N3CCNCC3C(=O)N3CCCC3)cnc12. The first kappa shape index (κ1) is 17.0. The van der Waals surface area contributed by atoms with E-state index in [1.54, 1.807) is 11.1 Å². The van der Waals surface area contributed by atoms with E-state index in [-0.39, 0.29) is 18.2 Å². The number of amides is 2. The zero-order chi connectivity index (χ0) is 18.1. The molecule has 1 N–H and O–H groups in total. The van der Waals surface area contributed by atoms with Crippen molar-refractivity contribution >= 4 is 17.5 Å². The normalized spacial score (nSPS) is 20.7. The van der Waals surface area contributed by atoms with Crippen LogP contribution >= 0.6 is 0 Å². The van der Waals surface area contributed by atoms with Gasteiger partial charge in [0.25, 0.3) is 0 Å². The number of rotatable bonds is 3. The van der Waals surface area contributed by atoms with Crippen LogP contribution in [0.1, 0.15) is 24.1 Å². The molecule has 0 radical (unpaired) electrons. The summed E-state index contributed by atoms with van der Waals surface area (Å²) in [7, 11) is 0. The number of fused-ring (bicyclic) bond motifs is 1. The van der Waals surface area contributed by atoms with Crippen LogP contribution in [0, 0.1) is 6.92 Å². The molecule has 0 bridgehead atoms. The van der Waals surface area contributed by atoms with Crippen LogP contribution in [0.2, 0.25) is 0 Å². The Morgan fingerprint density at radius 3 is 2.88 bits per heavy atom. The quantitative estimate of drug-likeness (QED) is 0.876. The predicted molar refractivity (Wildman–Crippen MR) is 97.8 cm³/mol. The first-order valence-electron chi connectivity index (χ1n) is 9.35. The van der Waals surface area contributed by atoms with Crippen LogP contribution in [-0.4, -0.2) is 69.8 Å². The van der Waals surface area contributed by atoms with Gasteiger partial charge in [0.05, 0.1) is 12.1 Å². The lowest BCUT2D eigenvalue weighted by molar-refractivity contribution is -0.146. The van der Waals surface area contributed by atoms with Gasteiger partial charge in [-0.3, -0.25) is 9.59 Å². The third-order valence-electron chi connectivity index (χ3n) is 5.41. The highest BCUT2D eigenvalue weighted by Gasteiger charge is 2.35. The van der Waals surface area contributed by atoms with Gasteiger partial charge in [0.15, 0.2) is 0 Å². The van der Waals surface area contributed by atoms with Crippen molar-refractivity contribution < 1.29 is 9.59 Å². The van der Waals surface area contributed by atoms with Gasteiger partial charge < -0.3 is 19.5 Å². The molecular formula is C19H25N5O2. The average molecular weight is 355 g/mol. The fraction of sp³-hybridized carbons (Fsp3) is 0.526. The summed E-state index contributed by atoms with van der Waals surface area (Å²) in [5.74, 6) is 0.0735. The Labute approximate surface area is 153 Å². The van der Waals surface area contributed by atoms with E-state index in [0.29, 0.717) is 13.1 Å². The summed E-state index contributed by atoms with van der Waals surface area (Å²) in [5.41, 5.74) is 2.82. The van der Waals surface area contributed by atoms with E-state index in [2.05, 4.69) is 10.3 Å². The van der Waals surface area contributed by atoms with Crippen molar-refractivity contribution in [2.45, 2.75) is 32.2 Å². The molecule has 0 saturated carbocycles. The van der Waals surface area contributed by atoms with Crippen molar-refractivity contribution in [3.05, 3.63) is 35.8 Å². The summed E-state index contributed by atoms with van der Waals surface area (Å²) in [6.07, 6.45) is 6.07. The lowest BCUT2D eigenvalue weighted by Gasteiger charge is -2.37. The van der Waals surface area contributed by atoms with Gasteiger partial charge in [0, 0.05) is 45.1 Å². The highest BCUT2D eigenvalue weighted by molar-refractivity contribution is 5.89. The maximum absolute atomic E-state index is 13.0. The second-order valence-corrected chi connectivity index (χ2v) is 7.15. The van der Waals surface area contributed by atoms with Crippen LogP contribution in [0.15, 0.2) is 24.5 Å². The standard InChI is InChI=1S/C19H25N5O2/c1-14-5-4-9-23-15(12-21-18(14)23)11-17(25)24-10-6-20-13-16(24)19(26)22-7-2-3-8-22/h4-5,9,12,16,20H,2-3,6-8,10-11,13H2,1H3. The van der Waals surface area contributed by atoms with Gasteiger partial charge in [0.1, 0.15) is 11.7 Å². The number of imidazole rings is 1. The van der Waals surface area contributed by atoms with E-state index in [4.69, 9.17) is 0 Å². The molecule has 1 unspecified atom stereocenters. The van der Waals surface area contributed by atoms with Gasteiger partial charge in [-0.2, -0.15) is 0 Å². The third-order valence-corrected chi connectivity index (χ3v) is 5.41. The third kappa shape index (κ3) is 3.07. The van der Waals surface area contributed by atoms with Crippen molar-refractivity contribution in [3.63, 3.8) is 0 Å². The zero-order valence-electron chi connectivity index (χ0n) is 15.1. The molecule has 2 fully saturated rings. The number of hydrogen-bond donors (Lipinski definition) is 1. The minimum atomic E-state index is -0.393. The molecule has 0 aromatic carbocycles. The molecule has 2 amide bonds. The molecule has 2 saturated heterocycles. The van der Waals surface area contributed by atoms with E-state index in [0.717, 1.165) is 49.4 Å². The molecule has 138 valence electrons.